The Morgan fingerprint density at radius 3 is 2.38 bits per heavy atom. The van der Waals surface area contributed by atoms with Gasteiger partial charge in [0.15, 0.2) is 0 Å². The first-order chi connectivity index (χ1) is 9.85. The molecule has 1 aromatic carbocycles. The van der Waals surface area contributed by atoms with E-state index in [-0.39, 0.29) is 12.3 Å². The molecular weight excluding hydrogens is 268 g/mol. The topological polar surface area (TPSA) is 85.8 Å². The van der Waals surface area contributed by atoms with Crippen molar-refractivity contribution in [2.45, 2.75) is 33.2 Å². The summed E-state index contributed by atoms with van der Waals surface area (Å²) >= 11 is 0. The molecule has 5 nitrogen and oxygen atoms in total. The van der Waals surface area contributed by atoms with Crippen LogP contribution in [0.2, 0.25) is 0 Å². The smallest absolute Gasteiger partial charge is 0.230 e. The molecular formula is C16H22N2O3. The van der Waals surface area contributed by atoms with Crippen molar-refractivity contribution in [2.24, 2.45) is 0 Å². The Balaban J connectivity index is 2.77. The lowest BCUT2D eigenvalue weighted by Gasteiger charge is -2.17. The fourth-order valence-electron chi connectivity index (χ4n) is 2.29. The van der Waals surface area contributed by atoms with E-state index in [1.54, 1.807) is 6.08 Å². The summed E-state index contributed by atoms with van der Waals surface area (Å²) < 4.78 is 0. The van der Waals surface area contributed by atoms with E-state index in [1.807, 2.05) is 32.9 Å². The van der Waals surface area contributed by atoms with E-state index in [4.69, 9.17) is 0 Å². The molecule has 0 saturated carbocycles. The van der Waals surface area contributed by atoms with Crippen LogP contribution in [0.25, 0.3) is 0 Å². The van der Waals surface area contributed by atoms with Crippen LogP contribution in [0.1, 0.15) is 23.1 Å². The van der Waals surface area contributed by atoms with E-state index in [9.17, 15) is 14.7 Å². The number of hydrogen-bond acceptors (Lipinski definition) is 3. The first kappa shape index (κ1) is 16.9. The highest BCUT2D eigenvalue weighted by Gasteiger charge is 2.18. The minimum absolute atomic E-state index is 0.136. The second-order valence-corrected chi connectivity index (χ2v) is 5.21. The zero-order chi connectivity index (χ0) is 16.0. The van der Waals surface area contributed by atoms with Gasteiger partial charge in [0, 0.05) is 5.69 Å². The summed E-state index contributed by atoms with van der Waals surface area (Å²) in [6, 6.07) is 3.04. The molecule has 0 bridgehead atoms. The van der Waals surface area contributed by atoms with Crippen molar-refractivity contribution in [3.8, 4) is 0 Å². The van der Waals surface area contributed by atoms with Gasteiger partial charge in [0.1, 0.15) is 6.04 Å². The number of nitrogens with one attached hydrogen (secondary N) is 1. The minimum Gasteiger partial charge on any atom is -0.544 e. The number of quaternary nitrogens is 1. The number of carbonyl (C=O) groups is 2. The van der Waals surface area contributed by atoms with Crippen molar-refractivity contribution in [3.63, 3.8) is 0 Å². The molecule has 1 rings (SSSR count). The van der Waals surface area contributed by atoms with E-state index in [1.165, 1.54) is 5.32 Å². The van der Waals surface area contributed by atoms with E-state index >= 15 is 0 Å². The third-order valence-electron chi connectivity index (χ3n) is 3.24. The number of benzene rings is 1. The number of anilines is 1. The van der Waals surface area contributed by atoms with Crippen LogP contribution in [-0.2, 0) is 9.59 Å². The molecule has 0 aliphatic heterocycles. The van der Waals surface area contributed by atoms with Gasteiger partial charge in [0.25, 0.3) is 0 Å². The molecule has 3 N–H and O–H groups in total. The first-order valence-electron chi connectivity index (χ1n) is 6.88. The number of carboxylic acid groups (broad SMARTS) is 1. The predicted molar refractivity (Wildman–Crippen MR) is 79.7 cm³/mol. The van der Waals surface area contributed by atoms with Crippen LogP contribution in [0, 0.1) is 20.8 Å². The molecule has 0 unspecified atom stereocenters. The number of hydrogen-bond donors (Lipinski definition) is 2. The highest BCUT2D eigenvalue weighted by atomic mass is 16.4. The third-order valence-corrected chi connectivity index (χ3v) is 3.24. The SMILES string of the molecule is C=CC[NH2+][C@@H](CC(=O)Nc1c(C)cc(C)cc1C)C(=O)[O-]. The maximum atomic E-state index is 12.0. The number of aliphatic carboxylic acids is 1. The molecule has 0 aliphatic carbocycles. The molecule has 0 radical (unpaired) electrons. The number of nitrogens with two attached hydrogens (primary N) is 1. The summed E-state index contributed by atoms with van der Waals surface area (Å²) in [5.41, 5.74) is 3.78. The standard InChI is InChI=1S/C16H22N2O3/c1-5-6-17-13(16(20)21)9-14(19)18-15-11(3)7-10(2)8-12(15)4/h5,7-8,13,17H,1,6,9H2,2-4H3,(H,18,19)(H,20,21)/t13-/m0/s1. The van der Waals surface area contributed by atoms with Crippen molar-refractivity contribution in [3.05, 3.63) is 41.5 Å². The molecule has 0 aliphatic rings. The monoisotopic (exact) mass is 290 g/mol. The van der Waals surface area contributed by atoms with Gasteiger partial charge >= 0.3 is 0 Å². The molecule has 5 heteroatoms. The molecule has 1 atom stereocenters. The number of amides is 1. The van der Waals surface area contributed by atoms with Gasteiger partial charge in [0.2, 0.25) is 5.91 Å². The van der Waals surface area contributed by atoms with Crippen molar-refractivity contribution < 1.29 is 20.0 Å². The molecule has 0 fully saturated rings. The normalized spacial score (nSPS) is 11.8. The van der Waals surface area contributed by atoms with Gasteiger partial charge in [-0.05, 0) is 38.0 Å². The average Bonchev–Trinajstić information content (AvgIpc) is 2.38. The molecule has 0 heterocycles. The maximum absolute atomic E-state index is 12.0. The zero-order valence-electron chi connectivity index (χ0n) is 12.7. The highest BCUT2D eigenvalue weighted by Crippen LogP contribution is 2.22. The van der Waals surface area contributed by atoms with Crippen LogP contribution >= 0.6 is 0 Å². The van der Waals surface area contributed by atoms with Crippen molar-refractivity contribution >= 4 is 17.6 Å². The first-order valence-corrected chi connectivity index (χ1v) is 6.88. The van der Waals surface area contributed by atoms with Gasteiger partial charge in [-0.1, -0.05) is 24.3 Å². The molecule has 0 aromatic heterocycles. The quantitative estimate of drug-likeness (QED) is 0.682. The lowest BCUT2D eigenvalue weighted by Crippen LogP contribution is -2.93. The second kappa shape index (κ2) is 7.59. The third kappa shape index (κ3) is 5.04. The van der Waals surface area contributed by atoms with Gasteiger partial charge < -0.3 is 20.5 Å². The highest BCUT2D eigenvalue weighted by molar-refractivity contribution is 5.94. The van der Waals surface area contributed by atoms with Crippen molar-refractivity contribution in [1.29, 1.82) is 0 Å². The van der Waals surface area contributed by atoms with E-state index < -0.39 is 12.0 Å². The summed E-state index contributed by atoms with van der Waals surface area (Å²) in [6.07, 6.45) is 1.45. The summed E-state index contributed by atoms with van der Waals surface area (Å²) in [7, 11) is 0. The number of carboxylic acids is 1. The van der Waals surface area contributed by atoms with Gasteiger partial charge in [-0.3, -0.25) is 4.79 Å². The zero-order valence-corrected chi connectivity index (χ0v) is 12.7. The van der Waals surface area contributed by atoms with Gasteiger partial charge in [-0.15, -0.1) is 0 Å². The summed E-state index contributed by atoms with van der Waals surface area (Å²) in [6.45, 7) is 9.76. The summed E-state index contributed by atoms with van der Waals surface area (Å²) in [5, 5.41) is 15.3. The maximum Gasteiger partial charge on any atom is 0.230 e. The lowest BCUT2D eigenvalue weighted by molar-refractivity contribution is -0.674. The van der Waals surface area contributed by atoms with Crippen molar-refractivity contribution in [1.82, 2.24) is 0 Å². The van der Waals surface area contributed by atoms with Crippen LogP contribution in [-0.4, -0.2) is 24.5 Å². The van der Waals surface area contributed by atoms with Crippen LogP contribution in [0.4, 0.5) is 5.69 Å². The van der Waals surface area contributed by atoms with E-state index in [2.05, 4.69) is 11.9 Å². The Bertz CT molecular complexity index is 529. The lowest BCUT2D eigenvalue weighted by atomic mass is 10.0. The minimum atomic E-state index is -1.25. The van der Waals surface area contributed by atoms with Crippen LogP contribution in [0.5, 0.6) is 0 Å². The molecule has 1 aromatic rings. The predicted octanol–water partition coefficient (Wildman–Crippen LogP) is -0.192. The molecule has 21 heavy (non-hydrogen) atoms. The van der Waals surface area contributed by atoms with Crippen LogP contribution in [0.3, 0.4) is 0 Å². The number of carbonyl (C=O) groups excluding carboxylic acids is 2. The fraction of sp³-hybridized carbons (Fsp3) is 0.375. The Morgan fingerprint density at radius 2 is 1.90 bits per heavy atom. The number of aryl methyl sites for hydroxylation is 3. The largest absolute Gasteiger partial charge is 0.544 e. The van der Waals surface area contributed by atoms with Crippen molar-refractivity contribution in [2.75, 3.05) is 11.9 Å². The Kier molecular flexibility index (Phi) is 6.11. The summed E-state index contributed by atoms with van der Waals surface area (Å²) in [4.78, 5) is 23.0. The van der Waals surface area contributed by atoms with Gasteiger partial charge in [0.05, 0.1) is 18.9 Å². The van der Waals surface area contributed by atoms with Gasteiger partial charge in [-0.25, -0.2) is 0 Å². The van der Waals surface area contributed by atoms with Crippen LogP contribution in [0.15, 0.2) is 24.8 Å². The molecule has 1 amide bonds. The van der Waals surface area contributed by atoms with Crippen LogP contribution < -0.4 is 15.7 Å². The van der Waals surface area contributed by atoms with E-state index in [0.29, 0.717) is 6.54 Å². The van der Waals surface area contributed by atoms with E-state index in [0.717, 1.165) is 22.4 Å². The molecule has 0 spiro atoms. The Labute approximate surface area is 125 Å². The van der Waals surface area contributed by atoms with Gasteiger partial charge in [-0.2, -0.15) is 0 Å². The fourth-order valence-corrected chi connectivity index (χ4v) is 2.29. The Morgan fingerprint density at radius 1 is 1.33 bits per heavy atom. The Hall–Kier alpha value is -2.14. The number of rotatable bonds is 7. The second-order valence-electron chi connectivity index (χ2n) is 5.21. The summed E-state index contributed by atoms with van der Waals surface area (Å²) in [5.74, 6) is -1.58. The average molecular weight is 290 g/mol. The molecule has 0 saturated heterocycles. The molecule has 114 valence electrons.